The molecule has 1 atom stereocenters. The summed E-state index contributed by atoms with van der Waals surface area (Å²) in [5.74, 6) is 0. The smallest absolute Gasteiger partial charge is 0.317 e. The summed E-state index contributed by atoms with van der Waals surface area (Å²) in [6.45, 7) is 10.3. The SMILES string of the molecule is CCCCCC(C)NC(=O)N(CCC)CCC. The summed E-state index contributed by atoms with van der Waals surface area (Å²) < 4.78 is 0. The zero-order valence-corrected chi connectivity index (χ0v) is 12.1. The number of amides is 2. The Kier molecular flexibility index (Phi) is 9.98. The largest absolute Gasteiger partial charge is 0.336 e. The quantitative estimate of drug-likeness (QED) is 0.613. The molecule has 0 saturated heterocycles. The highest BCUT2D eigenvalue weighted by Crippen LogP contribution is 2.04. The molecule has 0 aliphatic carbocycles. The van der Waals surface area contributed by atoms with Gasteiger partial charge in [-0.15, -0.1) is 0 Å². The van der Waals surface area contributed by atoms with E-state index in [0.717, 1.165) is 32.4 Å². The fraction of sp³-hybridized carbons (Fsp3) is 0.929. The number of nitrogens with one attached hydrogen (secondary N) is 1. The number of urea groups is 1. The molecule has 0 aromatic carbocycles. The first kappa shape index (κ1) is 16.3. The van der Waals surface area contributed by atoms with Crippen LogP contribution in [0.2, 0.25) is 0 Å². The van der Waals surface area contributed by atoms with Gasteiger partial charge in [-0.25, -0.2) is 4.79 Å². The standard InChI is InChI=1S/C14H30N2O/c1-5-8-9-10-13(4)15-14(17)16(11-6-2)12-7-3/h13H,5-12H2,1-4H3,(H,15,17). The van der Waals surface area contributed by atoms with E-state index in [-0.39, 0.29) is 6.03 Å². The third-order valence-corrected chi connectivity index (χ3v) is 2.88. The molecule has 0 aromatic heterocycles. The average molecular weight is 242 g/mol. The molecule has 0 rings (SSSR count). The topological polar surface area (TPSA) is 32.3 Å². The molecule has 0 radical (unpaired) electrons. The van der Waals surface area contributed by atoms with Gasteiger partial charge in [0, 0.05) is 19.1 Å². The number of hydrogen-bond acceptors (Lipinski definition) is 1. The Morgan fingerprint density at radius 1 is 1.06 bits per heavy atom. The first-order valence-electron chi connectivity index (χ1n) is 7.21. The maximum absolute atomic E-state index is 12.0. The van der Waals surface area contributed by atoms with Gasteiger partial charge in [0.1, 0.15) is 0 Å². The molecular formula is C14H30N2O. The molecule has 0 bridgehead atoms. The van der Waals surface area contributed by atoms with Crippen LogP contribution in [0.1, 0.15) is 66.2 Å². The molecular weight excluding hydrogens is 212 g/mol. The highest BCUT2D eigenvalue weighted by Gasteiger charge is 2.13. The maximum Gasteiger partial charge on any atom is 0.317 e. The Bertz CT molecular complexity index is 189. The number of rotatable bonds is 9. The minimum Gasteiger partial charge on any atom is -0.336 e. The van der Waals surface area contributed by atoms with Crippen molar-refractivity contribution in [3.05, 3.63) is 0 Å². The van der Waals surface area contributed by atoms with Crippen molar-refractivity contribution in [1.82, 2.24) is 10.2 Å². The third-order valence-electron chi connectivity index (χ3n) is 2.88. The van der Waals surface area contributed by atoms with Gasteiger partial charge in [0.15, 0.2) is 0 Å². The average Bonchev–Trinajstić information content (AvgIpc) is 2.29. The molecule has 17 heavy (non-hydrogen) atoms. The summed E-state index contributed by atoms with van der Waals surface area (Å²) in [7, 11) is 0. The van der Waals surface area contributed by atoms with Crippen molar-refractivity contribution < 1.29 is 4.79 Å². The van der Waals surface area contributed by atoms with Crippen molar-refractivity contribution in [3.63, 3.8) is 0 Å². The molecule has 102 valence electrons. The van der Waals surface area contributed by atoms with E-state index in [9.17, 15) is 4.79 Å². The normalized spacial score (nSPS) is 12.2. The van der Waals surface area contributed by atoms with Crippen LogP contribution < -0.4 is 5.32 Å². The lowest BCUT2D eigenvalue weighted by Gasteiger charge is -2.24. The van der Waals surface area contributed by atoms with Gasteiger partial charge in [-0.05, 0) is 26.2 Å². The first-order chi connectivity index (χ1) is 8.15. The molecule has 0 aromatic rings. The molecule has 0 heterocycles. The van der Waals surface area contributed by atoms with Crippen LogP contribution in [0.15, 0.2) is 0 Å². The van der Waals surface area contributed by atoms with Crippen LogP contribution in [-0.2, 0) is 0 Å². The van der Waals surface area contributed by atoms with Gasteiger partial charge < -0.3 is 10.2 Å². The fourth-order valence-electron chi connectivity index (χ4n) is 1.93. The molecule has 0 aliphatic heterocycles. The number of nitrogens with zero attached hydrogens (tertiary/aromatic N) is 1. The zero-order valence-electron chi connectivity index (χ0n) is 12.1. The van der Waals surface area contributed by atoms with Gasteiger partial charge in [-0.3, -0.25) is 0 Å². The molecule has 0 saturated carbocycles. The minimum atomic E-state index is 0.109. The summed E-state index contributed by atoms with van der Waals surface area (Å²) in [6.07, 6.45) is 6.84. The Labute approximate surface area is 107 Å². The van der Waals surface area contributed by atoms with Crippen molar-refractivity contribution >= 4 is 6.03 Å². The van der Waals surface area contributed by atoms with Crippen LogP contribution in [0, 0.1) is 0 Å². The van der Waals surface area contributed by atoms with E-state index < -0.39 is 0 Å². The van der Waals surface area contributed by atoms with Crippen LogP contribution in [0.25, 0.3) is 0 Å². The van der Waals surface area contributed by atoms with E-state index in [2.05, 4.69) is 33.0 Å². The molecule has 3 heteroatoms. The Balaban J connectivity index is 3.92. The van der Waals surface area contributed by atoms with Crippen LogP contribution in [0.3, 0.4) is 0 Å². The van der Waals surface area contributed by atoms with E-state index in [0.29, 0.717) is 6.04 Å². The lowest BCUT2D eigenvalue weighted by Crippen LogP contribution is -2.44. The highest BCUT2D eigenvalue weighted by atomic mass is 16.2. The van der Waals surface area contributed by atoms with Gasteiger partial charge in [0.25, 0.3) is 0 Å². The summed E-state index contributed by atoms with van der Waals surface area (Å²) >= 11 is 0. The van der Waals surface area contributed by atoms with E-state index >= 15 is 0 Å². The van der Waals surface area contributed by atoms with E-state index in [1.807, 2.05) is 4.90 Å². The molecule has 0 spiro atoms. The predicted octanol–water partition coefficient (Wildman–Crippen LogP) is 3.79. The molecule has 0 fully saturated rings. The summed E-state index contributed by atoms with van der Waals surface area (Å²) in [6, 6.07) is 0.406. The highest BCUT2D eigenvalue weighted by molar-refractivity contribution is 5.74. The van der Waals surface area contributed by atoms with Crippen molar-refractivity contribution in [2.75, 3.05) is 13.1 Å². The Morgan fingerprint density at radius 3 is 2.12 bits per heavy atom. The van der Waals surface area contributed by atoms with Crippen LogP contribution in [-0.4, -0.2) is 30.1 Å². The van der Waals surface area contributed by atoms with Gasteiger partial charge in [0.05, 0.1) is 0 Å². The van der Waals surface area contributed by atoms with Gasteiger partial charge in [-0.1, -0.05) is 40.0 Å². The first-order valence-corrected chi connectivity index (χ1v) is 7.21. The molecule has 3 nitrogen and oxygen atoms in total. The second kappa shape index (κ2) is 10.4. The van der Waals surface area contributed by atoms with Crippen molar-refractivity contribution in [2.45, 2.75) is 72.3 Å². The number of unbranched alkanes of at least 4 members (excludes halogenated alkanes) is 2. The van der Waals surface area contributed by atoms with E-state index in [4.69, 9.17) is 0 Å². The molecule has 0 aliphatic rings. The van der Waals surface area contributed by atoms with E-state index in [1.54, 1.807) is 0 Å². The van der Waals surface area contributed by atoms with Crippen molar-refractivity contribution in [2.24, 2.45) is 0 Å². The predicted molar refractivity (Wildman–Crippen MR) is 74.3 cm³/mol. The van der Waals surface area contributed by atoms with Gasteiger partial charge in [0.2, 0.25) is 0 Å². The molecule has 1 N–H and O–H groups in total. The lowest BCUT2D eigenvalue weighted by atomic mass is 10.1. The summed E-state index contributed by atoms with van der Waals surface area (Å²) in [5, 5.41) is 3.10. The fourth-order valence-corrected chi connectivity index (χ4v) is 1.93. The number of carbonyl (C=O) groups is 1. The second-order valence-electron chi connectivity index (χ2n) is 4.83. The summed E-state index contributed by atoms with van der Waals surface area (Å²) in [4.78, 5) is 13.9. The third kappa shape index (κ3) is 8.06. The maximum atomic E-state index is 12.0. The monoisotopic (exact) mass is 242 g/mol. The second-order valence-corrected chi connectivity index (χ2v) is 4.83. The Hall–Kier alpha value is -0.730. The van der Waals surface area contributed by atoms with Crippen LogP contribution in [0.4, 0.5) is 4.79 Å². The summed E-state index contributed by atoms with van der Waals surface area (Å²) in [5.41, 5.74) is 0. The van der Waals surface area contributed by atoms with Crippen molar-refractivity contribution in [1.29, 1.82) is 0 Å². The van der Waals surface area contributed by atoms with Gasteiger partial charge in [-0.2, -0.15) is 0 Å². The number of hydrogen-bond donors (Lipinski definition) is 1. The van der Waals surface area contributed by atoms with Crippen LogP contribution in [0.5, 0.6) is 0 Å². The zero-order chi connectivity index (χ0) is 13.1. The minimum absolute atomic E-state index is 0.109. The van der Waals surface area contributed by atoms with Crippen LogP contribution >= 0.6 is 0 Å². The molecule has 1 unspecified atom stereocenters. The lowest BCUT2D eigenvalue weighted by molar-refractivity contribution is 0.193. The van der Waals surface area contributed by atoms with E-state index in [1.165, 1.54) is 19.3 Å². The van der Waals surface area contributed by atoms with Crippen molar-refractivity contribution in [3.8, 4) is 0 Å². The number of carbonyl (C=O) groups excluding carboxylic acids is 1. The van der Waals surface area contributed by atoms with Gasteiger partial charge >= 0.3 is 6.03 Å². The Morgan fingerprint density at radius 2 is 1.65 bits per heavy atom. The molecule has 2 amide bonds.